The van der Waals surface area contributed by atoms with Crippen molar-refractivity contribution in [3.8, 4) is 0 Å². The summed E-state index contributed by atoms with van der Waals surface area (Å²) in [5, 5.41) is 13.0. The molecule has 2 amide bonds. The lowest BCUT2D eigenvalue weighted by molar-refractivity contribution is -0.148. The first kappa shape index (κ1) is 31.2. The molecule has 4 rings (SSSR count). The van der Waals surface area contributed by atoms with Gasteiger partial charge in [0.1, 0.15) is 5.51 Å². The zero-order valence-electron chi connectivity index (χ0n) is 23.5. The van der Waals surface area contributed by atoms with E-state index in [0.29, 0.717) is 48.4 Å². The number of hydrogen-bond donors (Lipinski definition) is 2. The number of hydrogen-bond acceptors (Lipinski definition) is 7. The lowest BCUT2D eigenvalue weighted by atomic mass is 9.94. The molecule has 220 valence electrons. The summed E-state index contributed by atoms with van der Waals surface area (Å²) in [4.78, 5) is 31.5. The quantitative estimate of drug-likeness (QED) is 0.267. The fraction of sp³-hybridized carbons (Fsp3) is 0.467. The fourth-order valence-electron chi connectivity index (χ4n) is 5.40. The average molecular weight is 618 g/mol. The average Bonchev–Trinajstić information content (AvgIpc) is 3.46. The summed E-state index contributed by atoms with van der Waals surface area (Å²) in [6.45, 7) is 5.90. The standard InChI is InChI=1S/C30H38Cl2N6O2S/c1-20(2)13-25-18-38(29(40)27(33)15-22-10-11-23(31)16-26(22)32)24(9-6-12-34-30-36-35-19-41-30)17-37(25)28(39)14-21-7-4-3-5-8-21/h3-5,7-8,10-11,16,19-20,24-25,27H,6,9,12-15,17-18,33H2,1-2H3,(H,34,36)/t24-,25+,27+/m0/s1. The second kappa shape index (κ2) is 15.0. The van der Waals surface area contributed by atoms with E-state index in [4.69, 9.17) is 28.9 Å². The third kappa shape index (κ3) is 8.88. The normalized spacial score (nSPS) is 18.0. The molecular formula is C30H38Cl2N6O2S. The van der Waals surface area contributed by atoms with Crippen LogP contribution < -0.4 is 11.1 Å². The Kier molecular flexibility index (Phi) is 11.4. The van der Waals surface area contributed by atoms with Gasteiger partial charge in [-0.25, -0.2) is 0 Å². The van der Waals surface area contributed by atoms with Gasteiger partial charge in [0.05, 0.1) is 12.5 Å². The van der Waals surface area contributed by atoms with Crippen LogP contribution in [0.3, 0.4) is 0 Å². The highest BCUT2D eigenvalue weighted by molar-refractivity contribution is 7.13. The summed E-state index contributed by atoms with van der Waals surface area (Å²) in [7, 11) is 0. The Morgan fingerprint density at radius 1 is 1.10 bits per heavy atom. The van der Waals surface area contributed by atoms with Gasteiger partial charge in [-0.3, -0.25) is 9.59 Å². The molecule has 1 aromatic heterocycles. The molecule has 0 spiro atoms. The highest BCUT2D eigenvalue weighted by atomic mass is 35.5. The fourth-order valence-corrected chi connectivity index (χ4v) is 6.36. The second-order valence-corrected chi connectivity index (χ2v) is 12.7. The summed E-state index contributed by atoms with van der Waals surface area (Å²) >= 11 is 13.9. The first-order chi connectivity index (χ1) is 19.7. The molecule has 1 aliphatic heterocycles. The van der Waals surface area contributed by atoms with E-state index in [1.807, 2.05) is 46.2 Å². The van der Waals surface area contributed by atoms with Crippen molar-refractivity contribution < 1.29 is 9.59 Å². The molecule has 11 heteroatoms. The van der Waals surface area contributed by atoms with Gasteiger partial charge in [0, 0.05) is 41.8 Å². The van der Waals surface area contributed by atoms with Crippen molar-refractivity contribution in [3.05, 3.63) is 75.2 Å². The number of rotatable bonds is 12. The van der Waals surface area contributed by atoms with Gasteiger partial charge in [-0.05, 0) is 54.9 Å². The van der Waals surface area contributed by atoms with Crippen LogP contribution in [-0.4, -0.2) is 69.6 Å². The number of carbonyl (C=O) groups excluding carboxylic acids is 2. The summed E-state index contributed by atoms with van der Waals surface area (Å²) in [5.41, 5.74) is 9.97. The van der Waals surface area contributed by atoms with Crippen LogP contribution in [-0.2, 0) is 22.4 Å². The number of halogens is 2. The number of aromatic nitrogens is 2. The maximum atomic E-state index is 13.9. The first-order valence-corrected chi connectivity index (χ1v) is 15.7. The van der Waals surface area contributed by atoms with Crippen LogP contribution in [0.4, 0.5) is 5.13 Å². The number of carbonyl (C=O) groups is 2. The number of piperazine rings is 1. The summed E-state index contributed by atoms with van der Waals surface area (Å²) in [6, 6.07) is 14.0. The van der Waals surface area contributed by atoms with Crippen LogP contribution in [0.1, 0.15) is 44.2 Å². The molecule has 2 aromatic carbocycles. The maximum absolute atomic E-state index is 13.9. The Labute approximate surface area is 256 Å². The molecule has 3 atom stereocenters. The number of nitrogens with two attached hydrogens (primary N) is 1. The predicted octanol–water partition coefficient (Wildman–Crippen LogP) is 5.30. The Balaban J connectivity index is 1.52. The van der Waals surface area contributed by atoms with Gasteiger partial charge in [-0.15, -0.1) is 10.2 Å². The SMILES string of the molecule is CC(C)C[C@@H]1CN(C(=O)[C@H](N)Cc2ccc(Cl)cc2Cl)[C@@H](CCCNc2nncs2)CN1C(=O)Cc1ccccc1. The van der Waals surface area contributed by atoms with Crippen molar-refractivity contribution in [2.24, 2.45) is 11.7 Å². The van der Waals surface area contributed by atoms with E-state index >= 15 is 0 Å². The molecule has 3 aromatic rings. The van der Waals surface area contributed by atoms with Crippen molar-refractivity contribution in [1.29, 1.82) is 0 Å². The molecule has 0 bridgehead atoms. The zero-order chi connectivity index (χ0) is 29.4. The van der Waals surface area contributed by atoms with E-state index in [0.717, 1.165) is 35.5 Å². The van der Waals surface area contributed by atoms with E-state index in [1.165, 1.54) is 11.3 Å². The molecule has 2 heterocycles. The van der Waals surface area contributed by atoms with Crippen LogP contribution in [0, 0.1) is 5.92 Å². The van der Waals surface area contributed by atoms with Crippen LogP contribution in [0.2, 0.25) is 10.0 Å². The Bertz CT molecular complexity index is 1280. The molecule has 1 aliphatic rings. The van der Waals surface area contributed by atoms with Gasteiger partial charge < -0.3 is 20.9 Å². The molecule has 41 heavy (non-hydrogen) atoms. The van der Waals surface area contributed by atoms with E-state index in [9.17, 15) is 9.59 Å². The highest BCUT2D eigenvalue weighted by Crippen LogP contribution is 2.27. The number of anilines is 1. The number of benzene rings is 2. The minimum absolute atomic E-state index is 0.0859. The molecule has 3 N–H and O–H groups in total. The number of nitrogens with zero attached hydrogens (tertiary/aromatic N) is 4. The van der Waals surface area contributed by atoms with Crippen LogP contribution in [0.15, 0.2) is 54.0 Å². The monoisotopic (exact) mass is 616 g/mol. The van der Waals surface area contributed by atoms with Gasteiger partial charge >= 0.3 is 0 Å². The third-order valence-electron chi connectivity index (χ3n) is 7.36. The Morgan fingerprint density at radius 2 is 1.85 bits per heavy atom. The molecule has 0 aliphatic carbocycles. The molecule has 0 unspecified atom stereocenters. The third-order valence-corrected chi connectivity index (χ3v) is 8.60. The highest BCUT2D eigenvalue weighted by Gasteiger charge is 2.39. The van der Waals surface area contributed by atoms with Crippen molar-refractivity contribution in [2.75, 3.05) is 25.0 Å². The van der Waals surface area contributed by atoms with E-state index < -0.39 is 6.04 Å². The van der Waals surface area contributed by atoms with E-state index in [-0.39, 0.29) is 23.9 Å². The summed E-state index contributed by atoms with van der Waals surface area (Å²) in [5.74, 6) is 0.323. The first-order valence-electron chi connectivity index (χ1n) is 14.0. The molecule has 1 saturated heterocycles. The van der Waals surface area contributed by atoms with Crippen LogP contribution in [0.5, 0.6) is 0 Å². The smallest absolute Gasteiger partial charge is 0.240 e. The Hall–Kier alpha value is -2.72. The minimum atomic E-state index is -0.762. The van der Waals surface area contributed by atoms with Gasteiger partial charge in [0.2, 0.25) is 16.9 Å². The minimum Gasteiger partial charge on any atom is -0.360 e. The van der Waals surface area contributed by atoms with Crippen LogP contribution >= 0.6 is 34.5 Å². The van der Waals surface area contributed by atoms with Crippen molar-refractivity contribution in [1.82, 2.24) is 20.0 Å². The van der Waals surface area contributed by atoms with Crippen molar-refractivity contribution in [2.45, 2.75) is 64.1 Å². The maximum Gasteiger partial charge on any atom is 0.240 e. The predicted molar refractivity (Wildman–Crippen MR) is 166 cm³/mol. The number of nitrogens with one attached hydrogen (secondary N) is 1. The Morgan fingerprint density at radius 3 is 2.54 bits per heavy atom. The molecule has 8 nitrogen and oxygen atoms in total. The van der Waals surface area contributed by atoms with Gasteiger partial charge in [-0.1, -0.05) is 84.8 Å². The topological polar surface area (TPSA) is 104 Å². The summed E-state index contributed by atoms with van der Waals surface area (Å²) < 4.78 is 0. The van der Waals surface area contributed by atoms with Gasteiger partial charge in [0.15, 0.2) is 0 Å². The van der Waals surface area contributed by atoms with Gasteiger partial charge in [0.25, 0.3) is 0 Å². The second-order valence-electron chi connectivity index (χ2n) is 11.0. The number of amides is 2. The van der Waals surface area contributed by atoms with E-state index in [1.54, 1.807) is 17.6 Å². The lowest BCUT2D eigenvalue weighted by Gasteiger charge is -2.48. The largest absolute Gasteiger partial charge is 0.360 e. The van der Waals surface area contributed by atoms with E-state index in [2.05, 4.69) is 29.4 Å². The molecule has 0 radical (unpaired) electrons. The molecular weight excluding hydrogens is 579 g/mol. The summed E-state index contributed by atoms with van der Waals surface area (Å²) in [6.07, 6.45) is 2.96. The molecule has 1 fully saturated rings. The lowest BCUT2D eigenvalue weighted by Crippen LogP contribution is -2.64. The van der Waals surface area contributed by atoms with Crippen LogP contribution in [0.25, 0.3) is 0 Å². The van der Waals surface area contributed by atoms with Crippen molar-refractivity contribution >= 4 is 51.5 Å². The van der Waals surface area contributed by atoms with Crippen molar-refractivity contribution in [3.63, 3.8) is 0 Å². The zero-order valence-corrected chi connectivity index (χ0v) is 25.8. The van der Waals surface area contributed by atoms with Gasteiger partial charge in [-0.2, -0.15) is 0 Å². The molecule has 0 saturated carbocycles.